The molecule has 4 nitrogen and oxygen atoms in total. The van der Waals surface area contributed by atoms with Gasteiger partial charge in [0.15, 0.2) is 0 Å². The van der Waals surface area contributed by atoms with Crippen molar-refractivity contribution in [2.24, 2.45) is 0 Å². The summed E-state index contributed by atoms with van der Waals surface area (Å²) in [6.07, 6.45) is 0.315. The summed E-state index contributed by atoms with van der Waals surface area (Å²) in [6.45, 7) is 1.70. The maximum absolute atomic E-state index is 12.8. The van der Waals surface area contributed by atoms with Crippen molar-refractivity contribution in [3.05, 3.63) is 51.7 Å². The summed E-state index contributed by atoms with van der Waals surface area (Å²) in [5.41, 5.74) is 1.64. The number of aromatic amines is 1. The van der Waals surface area contributed by atoms with Gasteiger partial charge in [-0.3, -0.25) is 9.89 Å². The molecule has 0 radical (unpaired) electrons. The molecule has 0 aliphatic rings. The zero-order chi connectivity index (χ0) is 12.4. The summed E-state index contributed by atoms with van der Waals surface area (Å²) in [7, 11) is 0. The maximum atomic E-state index is 12.8. The second-order valence-electron chi connectivity index (χ2n) is 3.81. The second-order valence-corrected chi connectivity index (χ2v) is 3.81. The smallest absolute Gasteiger partial charge is 0.274 e. The number of hydrogen-bond acceptors (Lipinski definition) is 2. The maximum Gasteiger partial charge on any atom is 0.274 e. The number of hydrogen-bond donors (Lipinski definition) is 2. The van der Waals surface area contributed by atoms with Crippen LogP contribution in [0, 0.1) is 12.7 Å². The summed E-state index contributed by atoms with van der Waals surface area (Å²) in [6, 6.07) is 5.64. The van der Waals surface area contributed by atoms with Gasteiger partial charge in [-0.05, 0) is 31.2 Å². The first-order valence-corrected chi connectivity index (χ1v) is 5.31. The summed E-state index contributed by atoms with van der Waals surface area (Å²) >= 11 is 0. The predicted molar refractivity (Wildman–Crippen MR) is 61.9 cm³/mol. The molecule has 0 fully saturated rings. The van der Waals surface area contributed by atoms with Gasteiger partial charge in [0.1, 0.15) is 5.82 Å². The molecule has 0 bridgehead atoms. The molecule has 0 saturated heterocycles. The fraction of sp³-hybridized carbons (Fsp3) is 0.250. The standard InChI is InChI=1S/C12H13FN2O2/c1-8-11(6-7-16)12(17)15(14-8)10-4-2-9(13)3-5-10/h2-5,14,16H,6-7H2,1H3. The van der Waals surface area contributed by atoms with E-state index in [1.165, 1.54) is 28.9 Å². The minimum Gasteiger partial charge on any atom is -0.396 e. The number of nitrogens with one attached hydrogen (secondary N) is 1. The average Bonchev–Trinajstić information content (AvgIpc) is 2.59. The molecule has 1 aromatic carbocycles. The van der Waals surface area contributed by atoms with Crippen molar-refractivity contribution < 1.29 is 9.50 Å². The number of aliphatic hydroxyl groups excluding tert-OH is 1. The van der Waals surface area contributed by atoms with Crippen molar-refractivity contribution in [2.75, 3.05) is 6.61 Å². The Morgan fingerprint density at radius 2 is 2.00 bits per heavy atom. The average molecular weight is 236 g/mol. The topological polar surface area (TPSA) is 58.0 Å². The largest absolute Gasteiger partial charge is 0.396 e. The Bertz CT molecular complexity index is 569. The molecule has 0 saturated carbocycles. The van der Waals surface area contributed by atoms with E-state index in [0.29, 0.717) is 23.4 Å². The van der Waals surface area contributed by atoms with Gasteiger partial charge in [0, 0.05) is 24.3 Å². The molecule has 0 aliphatic heterocycles. The van der Waals surface area contributed by atoms with E-state index in [1.54, 1.807) is 6.92 Å². The minimum atomic E-state index is -0.347. The van der Waals surface area contributed by atoms with Crippen LogP contribution in [0.3, 0.4) is 0 Å². The van der Waals surface area contributed by atoms with Crippen LogP contribution in [-0.4, -0.2) is 21.5 Å². The van der Waals surface area contributed by atoms with E-state index < -0.39 is 0 Å². The zero-order valence-electron chi connectivity index (χ0n) is 9.40. The van der Waals surface area contributed by atoms with Gasteiger partial charge >= 0.3 is 0 Å². The number of benzene rings is 1. The van der Waals surface area contributed by atoms with Crippen molar-refractivity contribution in [1.29, 1.82) is 0 Å². The van der Waals surface area contributed by atoms with E-state index in [1.807, 2.05) is 0 Å². The second kappa shape index (κ2) is 4.55. The molecule has 0 atom stereocenters. The Balaban J connectivity index is 2.50. The number of nitrogens with zero attached hydrogens (tertiary/aromatic N) is 1. The van der Waals surface area contributed by atoms with Crippen LogP contribution in [0.5, 0.6) is 0 Å². The molecule has 2 rings (SSSR count). The van der Waals surface area contributed by atoms with Crippen LogP contribution < -0.4 is 5.56 Å². The quantitative estimate of drug-likeness (QED) is 0.839. The molecule has 90 valence electrons. The van der Waals surface area contributed by atoms with E-state index >= 15 is 0 Å². The fourth-order valence-electron chi connectivity index (χ4n) is 1.76. The highest BCUT2D eigenvalue weighted by atomic mass is 19.1. The van der Waals surface area contributed by atoms with Gasteiger partial charge in [-0.1, -0.05) is 0 Å². The Morgan fingerprint density at radius 3 is 2.59 bits per heavy atom. The molecule has 1 aromatic heterocycles. The number of H-pyrrole nitrogens is 1. The molecule has 0 unspecified atom stereocenters. The highest BCUT2D eigenvalue weighted by molar-refractivity contribution is 5.33. The lowest BCUT2D eigenvalue weighted by molar-refractivity contribution is 0.299. The molecular formula is C12H13FN2O2. The molecule has 1 heterocycles. The van der Waals surface area contributed by atoms with Gasteiger partial charge in [0.2, 0.25) is 0 Å². The predicted octanol–water partition coefficient (Wildman–Crippen LogP) is 1.15. The van der Waals surface area contributed by atoms with E-state index in [-0.39, 0.29) is 18.0 Å². The normalized spacial score (nSPS) is 10.8. The van der Waals surface area contributed by atoms with Crippen molar-refractivity contribution in [2.45, 2.75) is 13.3 Å². The Hall–Kier alpha value is -1.88. The number of aromatic nitrogens is 2. The van der Waals surface area contributed by atoms with Gasteiger partial charge in [0.05, 0.1) is 5.69 Å². The van der Waals surface area contributed by atoms with Crippen LogP contribution in [0.1, 0.15) is 11.3 Å². The van der Waals surface area contributed by atoms with E-state index in [4.69, 9.17) is 5.11 Å². The molecule has 2 aromatic rings. The molecule has 2 N–H and O–H groups in total. The van der Waals surface area contributed by atoms with Crippen molar-refractivity contribution in [3.63, 3.8) is 0 Å². The van der Waals surface area contributed by atoms with E-state index in [0.717, 1.165) is 0 Å². The first-order chi connectivity index (χ1) is 8.13. The van der Waals surface area contributed by atoms with Gasteiger partial charge in [-0.2, -0.15) is 0 Å². The van der Waals surface area contributed by atoms with Crippen molar-refractivity contribution >= 4 is 0 Å². The van der Waals surface area contributed by atoms with Gasteiger partial charge in [-0.15, -0.1) is 0 Å². The SMILES string of the molecule is Cc1[nH]n(-c2ccc(F)cc2)c(=O)c1CCO. The summed E-state index contributed by atoms with van der Waals surface area (Å²) in [5, 5.41) is 11.8. The van der Waals surface area contributed by atoms with Crippen LogP contribution in [0.25, 0.3) is 5.69 Å². The third kappa shape index (κ3) is 2.14. The molecule has 17 heavy (non-hydrogen) atoms. The van der Waals surface area contributed by atoms with Gasteiger partial charge in [0.25, 0.3) is 5.56 Å². The lowest BCUT2D eigenvalue weighted by atomic mass is 10.2. The monoisotopic (exact) mass is 236 g/mol. The molecule has 0 amide bonds. The number of aryl methyl sites for hydroxylation is 1. The first-order valence-electron chi connectivity index (χ1n) is 5.31. The lowest BCUT2D eigenvalue weighted by Gasteiger charge is -2.00. The molecular weight excluding hydrogens is 223 g/mol. The van der Waals surface area contributed by atoms with Crippen LogP contribution in [0.4, 0.5) is 4.39 Å². The zero-order valence-corrected chi connectivity index (χ0v) is 9.40. The minimum absolute atomic E-state index is 0.0721. The molecule has 5 heteroatoms. The molecule has 0 spiro atoms. The molecule has 0 aliphatic carbocycles. The highest BCUT2D eigenvalue weighted by Gasteiger charge is 2.11. The van der Waals surface area contributed by atoms with Crippen LogP contribution in [-0.2, 0) is 6.42 Å². The van der Waals surface area contributed by atoms with Gasteiger partial charge in [-0.25, -0.2) is 9.07 Å². The summed E-state index contributed by atoms with van der Waals surface area (Å²) in [4.78, 5) is 12.0. The number of halogens is 1. The van der Waals surface area contributed by atoms with Crippen LogP contribution >= 0.6 is 0 Å². The van der Waals surface area contributed by atoms with E-state index in [2.05, 4.69) is 5.10 Å². The van der Waals surface area contributed by atoms with Gasteiger partial charge < -0.3 is 5.11 Å². The van der Waals surface area contributed by atoms with E-state index in [9.17, 15) is 9.18 Å². The first kappa shape index (κ1) is 11.6. The Morgan fingerprint density at radius 1 is 1.35 bits per heavy atom. The third-order valence-corrected chi connectivity index (χ3v) is 2.64. The highest BCUT2D eigenvalue weighted by Crippen LogP contribution is 2.08. The van der Waals surface area contributed by atoms with Crippen LogP contribution in [0.15, 0.2) is 29.1 Å². The number of rotatable bonds is 3. The Labute approximate surface area is 97.3 Å². The van der Waals surface area contributed by atoms with Crippen LogP contribution in [0.2, 0.25) is 0 Å². The summed E-state index contributed by atoms with van der Waals surface area (Å²) in [5.74, 6) is -0.347. The summed E-state index contributed by atoms with van der Waals surface area (Å²) < 4.78 is 14.1. The lowest BCUT2D eigenvalue weighted by Crippen LogP contribution is -2.18. The Kier molecular flexibility index (Phi) is 3.10. The van der Waals surface area contributed by atoms with Crippen molar-refractivity contribution in [1.82, 2.24) is 9.78 Å². The van der Waals surface area contributed by atoms with Crippen molar-refractivity contribution in [3.8, 4) is 5.69 Å². The third-order valence-electron chi connectivity index (χ3n) is 2.64. The fourth-order valence-corrected chi connectivity index (χ4v) is 1.76. The number of aliphatic hydroxyl groups is 1.